The van der Waals surface area contributed by atoms with Crippen molar-refractivity contribution in [3.63, 3.8) is 0 Å². The Bertz CT molecular complexity index is 604. The van der Waals surface area contributed by atoms with Crippen molar-refractivity contribution in [2.24, 2.45) is 0 Å². The van der Waals surface area contributed by atoms with Crippen LogP contribution in [-0.2, 0) is 10.0 Å². The van der Waals surface area contributed by atoms with E-state index in [0.29, 0.717) is 9.90 Å². The van der Waals surface area contributed by atoms with Crippen LogP contribution < -0.4 is 4.31 Å². The van der Waals surface area contributed by atoms with Gasteiger partial charge in [-0.05, 0) is 23.6 Å². The van der Waals surface area contributed by atoms with E-state index in [0.717, 1.165) is 0 Å². The Kier molecular flexibility index (Phi) is 3.84. The zero-order chi connectivity index (χ0) is 13.0. The summed E-state index contributed by atoms with van der Waals surface area (Å²) in [6, 6.07) is 12.4. The molecule has 0 atom stereocenters. The molecule has 1 aromatic heterocycles. The lowest BCUT2D eigenvalue weighted by Gasteiger charge is -2.22. The summed E-state index contributed by atoms with van der Waals surface area (Å²) in [7, 11) is -3.49. The van der Waals surface area contributed by atoms with Gasteiger partial charge in [0.25, 0.3) is 10.0 Å². The van der Waals surface area contributed by atoms with Gasteiger partial charge in [0, 0.05) is 0 Å². The van der Waals surface area contributed by atoms with E-state index in [1.54, 1.807) is 35.7 Å². The molecule has 0 radical (unpaired) electrons. The van der Waals surface area contributed by atoms with Crippen LogP contribution in [0.15, 0.2) is 64.7 Å². The summed E-state index contributed by atoms with van der Waals surface area (Å²) < 4.78 is 26.6. The molecule has 0 aliphatic rings. The van der Waals surface area contributed by atoms with Crippen LogP contribution in [0.25, 0.3) is 0 Å². The molecular weight excluding hydrogens is 266 g/mol. The van der Waals surface area contributed by atoms with E-state index >= 15 is 0 Å². The van der Waals surface area contributed by atoms with Gasteiger partial charge in [0.1, 0.15) is 4.21 Å². The molecule has 0 saturated carbocycles. The fraction of sp³-hybridized carbons (Fsp3) is 0.0769. The largest absolute Gasteiger partial charge is 0.274 e. The summed E-state index contributed by atoms with van der Waals surface area (Å²) in [5.74, 6) is 0. The maximum Gasteiger partial charge on any atom is 0.274 e. The molecule has 1 heterocycles. The van der Waals surface area contributed by atoms with E-state index in [1.807, 2.05) is 18.2 Å². The second-order valence-electron chi connectivity index (χ2n) is 3.59. The molecule has 0 saturated heterocycles. The SMILES string of the molecule is C=CCN(c1ccccc1)S(=O)(=O)c1cccs1. The number of hydrogen-bond donors (Lipinski definition) is 0. The second kappa shape index (κ2) is 5.37. The Morgan fingerprint density at radius 1 is 1.17 bits per heavy atom. The van der Waals surface area contributed by atoms with Crippen molar-refractivity contribution < 1.29 is 8.42 Å². The van der Waals surface area contributed by atoms with E-state index < -0.39 is 10.0 Å². The van der Waals surface area contributed by atoms with Gasteiger partial charge in [-0.15, -0.1) is 17.9 Å². The first kappa shape index (κ1) is 12.9. The van der Waals surface area contributed by atoms with Crippen molar-refractivity contribution in [3.05, 3.63) is 60.5 Å². The number of hydrogen-bond acceptors (Lipinski definition) is 3. The summed E-state index contributed by atoms with van der Waals surface area (Å²) in [6.07, 6.45) is 1.58. The Labute approximate surface area is 111 Å². The van der Waals surface area contributed by atoms with Crippen LogP contribution in [0.4, 0.5) is 5.69 Å². The second-order valence-corrected chi connectivity index (χ2v) is 6.63. The molecule has 18 heavy (non-hydrogen) atoms. The monoisotopic (exact) mass is 279 g/mol. The fourth-order valence-electron chi connectivity index (χ4n) is 1.57. The molecule has 2 aromatic rings. The molecule has 0 spiro atoms. The van der Waals surface area contributed by atoms with Crippen molar-refractivity contribution in [1.82, 2.24) is 0 Å². The fourth-order valence-corrected chi connectivity index (χ4v) is 4.11. The van der Waals surface area contributed by atoms with Crippen LogP contribution in [-0.4, -0.2) is 15.0 Å². The van der Waals surface area contributed by atoms with Crippen LogP contribution in [0.3, 0.4) is 0 Å². The van der Waals surface area contributed by atoms with E-state index in [9.17, 15) is 8.42 Å². The summed E-state index contributed by atoms with van der Waals surface area (Å²) in [6.45, 7) is 3.87. The Morgan fingerprint density at radius 2 is 1.89 bits per heavy atom. The number of rotatable bonds is 5. The highest BCUT2D eigenvalue weighted by atomic mass is 32.2. The quantitative estimate of drug-likeness (QED) is 0.789. The predicted molar refractivity (Wildman–Crippen MR) is 75.5 cm³/mol. The molecule has 0 aliphatic heterocycles. The summed E-state index contributed by atoms with van der Waals surface area (Å²) in [5, 5.41) is 1.75. The molecule has 2 rings (SSSR count). The third-order valence-corrected chi connectivity index (χ3v) is 5.55. The average molecular weight is 279 g/mol. The highest BCUT2D eigenvalue weighted by Gasteiger charge is 2.24. The van der Waals surface area contributed by atoms with Crippen LogP contribution in [0, 0.1) is 0 Å². The van der Waals surface area contributed by atoms with Crippen molar-refractivity contribution in [1.29, 1.82) is 0 Å². The molecule has 3 nitrogen and oxygen atoms in total. The van der Waals surface area contributed by atoms with Crippen LogP contribution in [0.5, 0.6) is 0 Å². The molecule has 5 heteroatoms. The zero-order valence-corrected chi connectivity index (χ0v) is 11.3. The van der Waals surface area contributed by atoms with Gasteiger partial charge in [-0.1, -0.05) is 30.3 Å². The number of benzene rings is 1. The Balaban J connectivity index is 2.46. The van der Waals surface area contributed by atoms with E-state index in [1.165, 1.54) is 15.6 Å². The van der Waals surface area contributed by atoms with E-state index in [4.69, 9.17) is 0 Å². The van der Waals surface area contributed by atoms with Gasteiger partial charge in [0.05, 0.1) is 12.2 Å². The summed E-state index contributed by atoms with van der Waals surface area (Å²) in [5.41, 5.74) is 0.644. The lowest BCUT2D eigenvalue weighted by Crippen LogP contribution is -2.30. The van der Waals surface area contributed by atoms with Gasteiger partial charge in [-0.2, -0.15) is 0 Å². The maximum atomic E-state index is 12.5. The third-order valence-electron chi connectivity index (χ3n) is 2.38. The van der Waals surface area contributed by atoms with E-state index in [-0.39, 0.29) is 6.54 Å². The van der Waals surface area contributed by atoms with Crippen molar-refractivity contribution in [2.75, 3.05) is 10.8 Å². The van der Waals surface area contributed by atoms with E-state index in [2.05, 4.69) is 6.58 Å². The minimum absolute atomic E-state index is 0.254. The highest BCUT2D eigenvalue weighted by molar-refractivity contribution is 7.94. The number of anilines is 1. The first-order valence-corrected chi connectivity index (χ1v) is 7.70. The maximum absolute atomic E-state index is 12.5. The van der Waals surface area contributed by atoms with Crippen molar-refractivity contribution >= 4 is 27.0 Å². The summed E-state index contributed by atoms with van der Waals surface area (Å²) in [4.78, 5) is 0. The third kappa shape index (κ3) is 2.47. The normalized spacial score (nSPS) is 11.1. The minimum Gasteiger partial charge on any atom is -0.262 e. The first-order chi connectivity index (χ1) is 8.66. The van der Waals surface area contributed by atoms with Crippen LogP contribution >= 0.6 is 11.3 Å². The molecule has 0 bridgehead atoms. The topological polar surface area (TPSA) is 37.4 Å². The molecular formula is C13H13NO2S2. The molecule has 0 unspecified atom stereocenters. The lowest BCUT2D eigenvalue weighted by molar-refractivity contribution is 0.595. The van der Waals surface area contributed by atoms with Gasteiger partial charge < -0.3 is 0 Å². The number of thiophene rings is 1. The van der Waals surface area contributed by atoms with Gasteiger partial charge >= 0.3 is 0 Å². The van der Waals surface area contributed by atoms with Gasteiger partial charge in [-0.3, -0.25) is 4.31 Å². The molecule has 1 aromatic carbocycles. The average Bonchev–Trinajstić information content (AvgIpc) is 2.91. The van der Waals surface area contributed by atoms with Crippen molar-refractivity contribution in [3.8, 4) is 0 Å². The van der Waals surface area contributed by atoms with Gasteiger partial charge in [0.2, 0.25) is 0 Å². The first-order valence-electron chi connectivity index (χ1n) is 5.38. The molecule has 0 N–H and O–H groups in total. The smallest absolute Gasteiger partial charge is 0.262 e. The zero-order valence-electron chi connectivity index (χ0n) is 9.69. The standard InChI is InChI=1S/C13H13NO2S2/c1-2-10-14(12-7-4-3-5-8-12)18(15,16)13-9-6-11-17-13/h2-9,11H,1,10H2. The summed E-state index contributed by atoms with van der Waals surface area (Å²) >= 11 is 1.21. The number of para-hydroxylation sites is 1. The highest BCUT2D eigenvalue weighted by Crippen LogP contribution is 2.26. The Morgan fingerprint density at radius 3 is 2.44 bits per heavy atom. The van der Waals surface area contributed by atoms with Gasteiger partial charge in [-0.25, -0.2) is 8.42 Å². The molecule has 0 fully saturated rings. The van der Waals surface area contributed by atoms with Crippen LogP contribution in [0.2, 0.25) is 0 Å². The lowest BCUT2D eigenvalue weighted by atomic mass is 10.3. The molecule has 0 aliphatic carbocycles. The van der Waals surface area contributed by atoms with Crippen molar-refractivity contribution in [2.45, 2.75) is 4.21 Å². The predicted octanol–water partition coefficient (Wildman–Crippen LogP) is 3.13. The molecule has 94 valence electrons. The number of nitrogens with zero attached hydrogens (tertiary/aromatic N) is 1. The minimum atomic E-state index is -3.49. The molecule has 0 amide bonds. The Hall–Kier alpha value is -1.59. The number of sulfonamides is 1. The van der Waals surface area contributed by atoms with Crippen LogP contribution in [0.1, 0.15) is 0 Å². The van der Waals surface area contributed by atoms with Gasteiger partial charge in [0.15, 0.2) is 0 Å².